The molecule has 2 aromatic carbocycles. The number of nitriles is 1. The van der Waals surface area contributed by atoms with Crippen molar-refractivity contribution < 1.29 is 13.2 Å². The topological polar surface area (TPSA) is 90.3 Å². The van der Waals surface area contributed by atoms with Crippen LogP contribution in [0.3, 0.4) is 0 Å². The fraction of sp³-hybridized carbons (Fsp3) is 0.300. The molecular formula is C20H23N3O3S. The maximum absolute atomic E-state index is 12.6. The van der Waals surface area contributed by atoms with E-state index in [9.17, 15) is 13.2 Å². The van der Waals surface area contributed by atoms with Gasteiger partial charge in [-0.1, -0.05) is 39.0 Å². The van der Waals surface area contributed by atoms with Crippen molar-refractivity contribution in [1.82, 2.24) is 0 Å². The number of nitrogens with zero attached hydrogens (tertiary/aromatic N) is 2. The van der Waals surface area contributed by atoms with Crippen molar-refractivity contribution in [1.29, 1.82) is 5.26 Å². The van der Waals surface area contributed by atoms with E-state index in [4.69, 9.17) is 5.26 Å². The smallest absolute Gasteiger partial charge is 0.245 e. The minimum Gasteiger partial charge on any atom is -0.324 e. The van der Waals surface area contributed by atoms with Crippen LogP contribution < -0.4 is 9.62 Å². The molecule has 142 valence electrons. The van der Waals surface area contributed by atoms with E-state index in [1.807, 2.05) is 45.0 Å². The van der Waals surface area contributed by atoms with E-state index >= 15 is 0 Å². The number of nitrogens with one attached hydrogen (secondary N) is 1. The lowest BCUT2D eigenvalue weighted by molar-refractivity contribution is -0.114. The van der Waals surface area contributed by atoms with Crippen LogP contribution in [0.15, 0.2) is 48.5 Å². The first kappa shape index (κ1) is 20.5. The highest BCUT2D eigenvalue weighted by Gasteiger charge is 2.23. The molecule has 1 N–H and O–H groups in total. The normalized spacial score (nSPS) is 11.5. The van der Waals surface area contributed by atoms with E-state index in [1.165, 1.54) is 24.3 Å². The van der Waals surface area contributed by atoms with Gasteiger partial charge in [-0.15, -0.1) is 0 Å². The Morgan fingerprint density at radius 1 is 1.11 bits per heavy atom. The zero-order valence-corrected chi connectivity index (χ0v) is 16.7. The zero-order chi connectivity index (χ0) is 20.2. The monoisotopic (exact) mass is 385 g/mol. The second kappa shape index (κ2) is 7.80. The number of benzene rings is 2. The van der Waals surface area contributed by atoms with Crippen LogP contribution in [0.4, 0.5) is 11.4 Å². The number of carbonyl (C=O) groups is 1. The summed E-state index contributed by atoms with van der Waals surface area (Å²) in [5.41, 5.74) is 2.19. The van der Waals surface area contributed by atoms with E-state index in [-0.39, 0.29) is 12.0 Å². The second-order valence-corrected chi connectivity index (χ2v) is 9.18. The first-order valence-electron chi connectivity index (χ1n) is 8.39. The highest BCUT2D eigenvalue weighted by atomic mass is 32.2. The van der Waals surface area contributed by atoms with Crippen LogP contribution in [0.1, 0.15) is 31.9 Å². The van der Waals surface area contributed by atoms with Gasteiger partial charge < -0.3 is 5.32 Å². The second-order valence-electron chi connectivity index (χ2n) is 7.27. The minimum absolute atomic E-state index is 0.173. The summed E-state index contributed by atoms with van der Waals surface area (Å²) in [5, 5.41) is 11.7. The average Bonchev–Trinajstić information content (AvgIpc) is 2.58. The van der Waals surface area contributed by atoms with Gasteiger partial charge in [0.05, 0.1) is 23.6 Å². The van der Waals surface area contributed by atoms with Crippen LogP contribution in [0, 0.1) is 11.3 Å². The Balaban J connectivity index is 2.27. The van der Waals surface area contributed by atoms with Crippen molar-refractivity contribution >= 4 is 27.3 Å². The van der Waals surface area contributed by atoms with Crippen molar-refractivity contribution in [2.24, 2.45) is 0 Å². The lowest BCUT2D eigenvalue weighted by atomic mass is 9.86. The minimum atomic E-state index is -3.67. The first-order chi connectivity index (χ1) is 12.5. The Morgan fingerprint density at radius 3 is 2.22 bits per heavy atom. The van der Waals surface area contributed by atoms with E-state index in [0.717, 1.165) is 16.1 Å². The molecule has 1 amide bonds. The van der Waals surface area contributed by atoms with E-state index in [2.05, 4.69) is 5.32 Å². The summed E-state index contributed by atoms with van der Waals surface area (Å²) in [7, 11) is -3.67. The molecule has 27 heavy (non-hydrogen) atoms. The van der Waals surface area contributed by atoms with Crippen LogP contribution in [0.5, 0.6) is 0 Å². The zero-order valence-electron chi connectivity index (χ0n) is 15.9. The molecule has 0 aliphatic heterocycles. The molecule has 0 bridgehead atoms. The molecule has 0 aromatic heterocycles. The fourth-order valence-corrected chi connectivity index (χ4v) is 3.52. The molecule has 2 aromatic rings. The number of anilines is 2. The third-order valence-electron chi connectivity index (χ3n) is 3.98. The molecule has 2 rings (SSSR count). The van der Waals surface area contributed by atoms with Gasteiger partial charge in [-0.25, -0.2) is 8.42 Å². The molecular weight excluding hydrogens is 362 g/mol. The van der Waals surface area contributed by atoms with Gasteiger partial charge in [-0.3, -0.25) is 9.10 Å². The van der Waals surface area contributed by atoms with Crippen LogP contribution in [-0.2, 0) is 20.2 Å². The van der Waals surface area contributed by atoms with Gasteiger partial charge in [0, 0.05) is 5.69 Å². The van der Waals surface area contributed by atoms with E-state index in [1.54, 1.807) is 6.07 Å². The third-order valence-corrected chi connectivity index (χ3v) is 5.12. The maximum atomic E-state index is 12.6. The Kier molecular flexibility index (Phi) is 5.91. The summed E-state index contributed by atoms with van der Waals surface area (Å²) in [6.45, 7) is 5.76. The van der Waals surface area contributed by atoms with Crippen LogP contribution >= 0.6 is 0 Å². The van der Waals surface area contributed by atoms with Crippen molar-refractivity contribution in [3.63, 3.8) is 0 Å². The van der Waals surface area contributed by atoms with Gasteiger partial charge >= 0.3 is 0 Å². The molecule has 0 aliphatic carbocycles. The van der Waals surface area contributed by atoms with Crippen molar-refractivity contribution in [2.75, 3.05) is 22.4 Å². The van der Waals surface area contributed by atoms with E-state index in [0.29, 0.717) is 16.9 Å². The Bertz CT molecular complexity index is 969. The van der Waals surface area contributed by atoms with Crippen molar-refractivity contribution in [3.8, 4) is 6.07 Å². The van der Waals surface area contributed by atoms with Gasteiger partial charge in [0.1, 0.15) is 6.54 Å². The summed E-state index contributed by atoms with van der Waals surface area (Å²) in [6, 6.07) is 15.5. The fourth-order valence-electron chi connectivity index (χ4n) is 2.67. The van der Waals surface area contributed by atoms with Crippen LogP contribution in [0.2, 0.25) is 0 Å². The summed E-state index contributed by atoms with van der Waals surface area (Å²) >= 11 is 0. The molecule has 6 nitrogen and oxygen atoms in total. The van der Waals surface area contributed by atoms with E-state index < -0.39 is 15.9 Å². The highest BCUT2D eigenvalue weighted by Crippen LogP contribution is 2.29. The van der Waals surface area contributed by atoms with Gasteiger partial charge in [-0.2, -0.15) is 5.26 Å². The highest BCUT2D eigenvalue weighted by molar-refractivity contribution is 7.92. The van der Waals surface area contributed by atoms with Crippen LogP contribution in [-0.4, -0.2) is 27.1 Å². The van der Waals surface area contributed by atoms with Gasteiger partial charge in [0.25, 0.3) is 0 Å². The van der Waals surface area contributed by atoms with Crippen molar-refractivity contribution in [2.45, 2.75) is 26.2 Å². The molecule has 0 aliphatic rings. The lowest BCUT2D eigenvalue weighted by Crippen LogP contribution is -2.37. The number of hydrogen-bond donors (Lipinski definition) is 1. The number of sulfonamides is 1. The number of rotatable bonds is 5. The summed E-state index contributed by atoms with van der Waals surface area (Å²) in [5.74, 6) is -0.443. The maximum Gasteiger partial charge on any atom is 0.245 e. The third kappa shape index (κ3) is 5.31. The van der Waals surface area contributed by atoms with Gasteiger partial charge in [0.2, 0.25) is 15.9 Å². The standard InChI is InChI=1S/C20H23N3O3S/c1-20(2,3)17-7-5-6-8-18(17)22-19(24)14-23(27(4,25)26)16-11-9-15(13-21)10-12-16/h5-12H,14H2,1-4H3,(H,22,24). The number of carbonyl (C=O) groups excluding carboxylic acids is 1. The quantitative estimate of drug-likeness (QED) is 0.855. The average molecular weight is 385 g/mol. The Morgan fingerprint density at radius 2 is 1.70 bits per heavy atom. The molecule has 0 saturated carbocycles. The van der Waals surface area contributed by atoms with Gasteiger partial charge in [-0.05, 0) is 41.3 Å². The van der Waals surface area contributed by atoms with Crippen molar-refractivity contribution in [3.05, 3.63) is 59.7 Å². The van der Waals surface area contributed by atoms with Gasteiger partial charge in [0.15, 0.2) is 0 Å². The largest absolute Gasteiger partial charge is 0.324 e. The predicted octanol–water partition coefficient (Wildman–Crippen LogP) is 3.26. The SMILES string of the molecule is CC(C)(C)c1ccccc1NC(=O)CN(c1ccc(C#N)cc1)S(C)(=O)=O. The molecule has 0 saturated heterocycles. The summed E-state index contributed by atoms with van der Waals surface area (Å²) < 4.78 is 25.4. The molecule has 0 unspecified atom stereocenters. The Hall–Kier alpha value is -2.85. The molecule has 0 atom stereocenters. The molecule has 7 heteroatoms. The summed E-state index contributed by atoms with van der Waals surface area (Å²) in [6.07, 6.45) is 1.04. The first-order valence-corrected chi connectivity index (χ1v) is 10.2. The molecule has 0 spiro atoms. The lowest BCUT2D eigenvalue weighted by Gasteiger charge is -2.25. The number of para-hydroxylation sites is 1. The number of hydrogen-bond acceptors (Lipinski definition) is 4. The molecule has 0 radical (unpaired) electrons. The van der Waals surface area contributed by atoms with Crippen LogP contribution in [0.25, 0.3) is 0 Å². The number of amides is 1. The molecule has 0 heterocycles. The molecule has 0 fully saturated rings. The Labute approximate surface area is 160 Å². The summed E-state index contributed by atoms with van der Waals surface area (Å²) in [4.78, 5) is 12.6. The predicted molar refractivity (Wildman–Crippen MR) is 107 cm³/mol.